The number of nitrogens with zero attached hydrogens (tertiary/aromatic N) is 1. The van der Waals surface area contributed by atoms with E-state index in [2.05, 4.69) is 10.1 Å². The van der Waals surface area contributed by atoms with Crippen LogP contribution in [0.1, 0.15) is 5.56 Å². The number of nitrogens with one attached hydrogen (secondary N) is 1. The van der Waals surface area contributed by atoms with Crippen LogP contribution in [0.4, 0.5) is 23.7 Å². The van der Waals surface area contributed by atoms with Crippen molar-refractivity contribution in [3.63, 3.8) is 0 Å². The van der Waals surface area contributed by atoms with Gasteiger partial charge < -0.3 is 15.2 Å². The van der Waals surface area contributed by atoms with Gasteiger partial charge in [-0.25, -0.2) is 13.2 Å². The first-order chi connectivity index (χ1) is 13.0. The fraction of sp³-hybridized carbons (Fsp3) is 0.235. The molecule has 0 saturated carbocycles. The largest absolute Gasteiger partial charge is 0.573 e. The maximum atomic E-state index is 12.7. The molecule has 0 radical (unpaired) electrons. The van der Waals surface area contributed by atoms with Crippen molar-refractivity contribution in [2.75, 3.05) is 4.90 Å². The Hall–Kier alpha value is -2.79. The second-order valence-corrected chi connectivity index (χ2v) is 8.12. The third-order valence-corrected chi connectivity index (χ3v) is 6.01. The van der Waals surface area contributed by atoms with Crippen LogP contribution in [-0.2, 0) is 9.84 Å². The normalized spacial score (nSPS) is 20.2. The predicted molar refractivity (Wildman–Crippen MR) is 92.3 cm³/mol. The van der Waals surface area contributed by atoms with E-state index in [4.69, 9.17) is 0 Å². The number of aliphatic hydroxyl groups is 1. The van der Waals surface area contributed by atoms with E-state index >= 15 is 0 Å². The highest BCUT2D eigenvalue weighted by molar-refractivity contribution is 7.92. The lowest BCUT2D eigenvalue weighted by Crippen LogP contribution is -2.41. The van der Waals surface area contributed by atoms with Crippen LogP contribution in [0.2, 0.25) is 0 Å². The number of carbonyl (C=O) groups excluding carboxylic acids is 1. The van der Waals surface area contributed by atoms with Crippen LogP contribution in [0.3, 0.4) is 0 Å². The molecule has 0 unspecified atom stereocenters. The standard InChI is InChI=1S/C17H15F3N2O5S/c1-10-2-8-13(9-3-10)28(25,26)14-15(23)22(16(24)21-14)11-4-6-12(7-5-11)27-17(18,19)20/h2-9,14-15,23H,1H3,(H,21,24)/t14-,15-/m1/s1. The zero-order valence-electron chi connectivity index (χ0n) is 14.3. The van der Waals surface area contributed by atoms with E-state index < -0.39 is 39.6 Å². The van der Waals surface area contributed by atoms with Crippen LogP contribution in [0, 0.1) is 6.92 Å². The minimum absolute atomic E-state index is 0.00105. The summed E-state index contributed by atoms with van der Waals surface area (Å²) >= 11 is 0. The molecule has 2 atom stereocenters. The number of sulfone groups is 1. The first-order valence-corrected chi connectivity index (χ1v) is 9.48. The fourth-order valence-corrected chi connectivity index (χ4v) is 4.22. The van der Waals surface area contributed by atoms with Crippen LogP contribution in [-0.4, -0.2) is 37.5 Å². The van der Waals surface area contributed by atoms with Gasteiger partial charge in [-0.1, -0.05) is 17.7 Å². The van der Waals surface area contributed by atoms with Crippen molar-refractivity contribution in [3.8, 4) is 5.75 Å². The predicted octanol–water partition coefficient (Wildman–Crippen LogP) is 2.54. The van der Waals surface area contributed by atoms with Gasteiger partial charge in [0.05, 0.1) is 4.90 Å². The van der Waals surface area contributed by atoms with Gasteiger partial charge in [-0.3, -0.25) is 4.90 Å². The molecule has 2 amide bonds. The number of halogens is 3. The third kappa shape index (κ3) is 3.90. The minimum Gasteiger partial charge on any atom is -0.406 e. The van der Waals surface area contributed by atoms with Crippen LogP contribution < -0.4 is 15.0 Å². The van der Waals surface area contributed by atoms with Crippen LogP contribution in [0.15, 0.2) is 53.4 Å². The molecule has 1 aliphatic heterocycles. The quantitative estimate of drug-likeness (QED) is 0.799. The van der Waals surface area contributed by atoms with Crippen LogP contribution in [0.5, 0.6) is 5.75 Å². The number of aryl methyl sites for hydroxylation is 1. The molecule has 0 spiro atoms. The summed E-state index contributed by atoms with van der Waals surface area (Å²) in [6.07, 6.45) is -6.66. The van der Waals surface area contributed by atoms with Gasteiger partial charge in [-0.05, 0) is 43.3 Å². The van der Waals surface area contributed by atoms with Gasteiger partial charge in [0.15, 0.2) is 11.6 Å². The van der Waals surface area contributed by atoms with Gasteiger partial charge in [0, 0.05) is 5.69 Å². The highest BCUT2D eigenvalue weighted by Crippen LogP contribution is 2.30. The summed E-state index contributed by atoms with van der Waals surface area (Å²) in [4.78, 5) is 12.9. The minimum atomic E-state index is -4.88. The van der Waals surface area contributed by atoms with Crippen molar-refractivity contribution in [2.45, 2.75) is 29.8 Å². The van der Waals surface area contributed by atoms with Gasteiger partial charge in [0.2, 0.25) is 9.84 Å². The Morgan fingerprint density at radius 2 is 1.64 bits per heavy atom. The molecule has 7 nitrogen and oxygen atoms in total. The Morgan fingerprint density at radius 1 is 1.07 bits per heavy atom. The van der Waals surface area contributed by atoms with Crippen molar-refractivity contribution >= 4 is 21.6 Å². The summed E-state index contributed by atoms with van der Waals surface area (Å²) < 4.78 is 65.9. The second kappa shape index (κ2) is 6.99. The number of hydrogen-bond donors (Lipinski definition) is 2. The molecule has 0 aliphatic carbocycles. The van der Waals surface area contributed by atoms with E-state index in [1.54, 1.807) is 19.1 Å². The zero-order valence-corrected chi connectivity index (χ0v) is 15.2. The number of alkyl halides is 3. The maximum absolute atomic E-state index is 12.7. The summed E-state index contributed by atoms with van der Waals surface area (Å²) in [5.41, 5.74) is 0.832. The van der Waals surface area contributed by atoms with Crippen molar-refractivity contribution in [2.24, 2.45) is 0 Å². The number of anilines is 1. The molecule has 11 heteroatoms. The number of hydrogen-bond acceptors (Lipinski definition) is 5. The number of benzene rings is 2. The summed E-state index contributed by atoms with van der Waals surface area (Å²) in [7, 11) is -4.11. The molecule has 3 rings (SSSR count). The van der Waals surface area contributed by atoms with Gasteiger partial charge in [0.1, 0.15) is 5.75 Å². The van der Waals surface area contributed by atoms with Crippen molar-refractivity contribution < 1.29 is 36.2 Å². The van der Waals surface area contributed by atoms with E-state index in [-0.39, 0.29) is 10.6 Å². The first kappa shape index (κ1) is 20.0. The number of rotatable bonds is 4. The lowest BCUT2D eigenvalue weighted by Gasteiger charge is -2.22. The molecule has 0 aromatic heterocycles. The van der Waals surface area contributed by atoms with Crippen molar-refractivity contribution in [3.05, 3.63) is 54.1 Å². The van der Waals surface area contributed by atoms with Gasteiger partial charge >= 0.3 is 12.4 Å². The average molecular weight is 416 g/mol. The maximum Gasteiger partial charge on any atom is 0.573 e. The highest BCUT2D eigenvalue weighted by Gasteiger charge is 2.47. The number of ether oxygens (including phenoxy) is 1. The topological polar surface area (TPSA) is 95.9 Å². The van der Waals surface area contributed by atoms with E-state index in [0.717, 1.165) is 34.7 Å². The monoisotopic (exact) mass is 416 g/mol. The molecule has 1 aliphatic rings. The van der Waals surface area contributed by atoms with E-state index in [9.17, 15) is 31.5 Å². The summed E-state index contributed by atoms with van der Waals surface area (Å²) in [5, 5.41) is 11.0. The molecular weight excluding hydrogens is 401 g/mol. The van der Waals surface area contributed by atoms with Crippen molar-refractivity contribution in [1.29, 1.82) is 0 Å². The van der Waals surface area contributed by atoms with Gasteiger partial charge in [0.25, 0.3) is 0 Å². The summed E-state index contributed by atoms with van der Waals surface area (Å²) in [6, 6.07) is 9.06. The molecule has 0 bridgehead atoms. The number of amides is 2. The van der Waals surface area contributed by atoms with E-state index in [0.29, 0.717) is 0 Å². The Bertz CT molecular complexity index is 975. The first-order valence-electron chi connectivity index (χ1n) is 7.93. The Labute approximate surface area is 158 Å². The molecule has 1 saturated heterocycles. The molecule has 1 fully saturated rings. The zero-order chi connectivity index (χ0) is 20.7. The second-order valence-electron chi connectivity index (χ2n) is 6.05. The summed E-state index contributed by atoms with van der Waals surface area (Å²) in [5.74, 6) is -0.519. The molecule has 2 N–H and O–H groups in total. The smallest absolute Gasteiger partial charge is 0.406 e. The van der Waals surface area contributed by atoms with Crippen molar-refractivity contribution in [1.82, 2.24) is 5.32 Å². The SMILES string of the molecule is Cc1ccc(S(=O)(=O)[C@H]2NC(=O)N(c3ccc(OC(F)(F)F)cc3)[C@@H]2O)cc1. The van der Waals surface area contributed by atoms with E-state index in [1.165, 1.54) is 12.1 Å². The number of carbonyl (C=O) groups is 1. The lowest BCUT2D eigenvalue weighted by atomic mass is 10.2. The Morgan fingerprint density at radius 3 is 2.18 bits per heavy atom. The molecule has 1 heterocycles. The highest BCUT2D eigenvalue weighted by atomic mass is 32.2. The number of urea groups is 1. The van der Waals surface area contributed by atoms with Crippen LogP contribution >= 0.6 is 0 Å². The molecule has 28 heavy (non-hydrogen) atoms. The molecular formula is C17H15F3N2O5S. The molecule has 2 aromatic carbocycles. The van der Waals surface area contributed by atoms with E-state index in [1.807, 2.05) is 0 Å². The van der Waals surface area contributed by atoms with Gasteiger partial charge in [-0.2, -0.15) is 0 Å². The third-order valence-electron chi connectivity index (χ3n) is 4.05. The summed E-state index contributed by atoms with van der Waals surface area (Å²) in [6.45, 7) is 1.77. The lowest BCUT2D eigenvalue weighted by molar-refractivity contribution is -0.274. The average Bonchev–Trinajstić information content (AvgIpc) is 2.90. The fourth-order valence-electron chi connectivity index (χ4n) is 2.71. The number of aliphatic hydroxyl groups excluding tert-OH is 1. The van der Waals surface area contributed by atoms with Crippen LogP contribution in [0.25, 0.3) is 0 Å². The molecule has 2 aromatic rings. The Balaban J connectivity index is 1.85. The molecule has 150 valence electrons. The van der Waals surface area contributed by atoms with Gasteiger partial charge in [-0.15, -0.1) is 13.2 Å². The Kier molecular flexibility index (Phi) is 4.98.